The summed E-state index contributed by atoms with van der Waals surface area (Å²) in [5.74, 6) is -0.420. The number of sulfone groups is 1. The molecular weight excluding hydrogens is 422 g/mol. The lowest BCUT2D eigenvalue weighted by Gasteiger charge is -2.09. The second kappa shape index (κ2) is 9.06. The second-order valence-electron chi connectivity index (χ2n) is 5.96. The van der Waals surface area contributed by atoms with E-state index in [0.717, 1.165) is 17.7 Å². The van der Waals surface area contributed by atoms with Gasteiger partial charge in [-0.25, -0.2) is 12.8 Å². The molecule has 0 fully saturated rings. The molecule has 156 valence electrons. The summed E-state index contributed by atoms with van der Waals surface area (Å²) >= 11 is 0. The van der Waals surface area contributed by atoms with Crippen LogP contribution in [0.1, 0.15) is 22.5 Å². The van der Waals surface area contributed by atoms with E-state index in [9.17, 15) is 26.0 Å². The molecule has 0 bridgehead atoms. The van der Waals surface area contributed by atoms with Crippen LogP contribution in [-0.2, 0) is 22.8 Å². The molecule has 0 unspecified atom stereocenters. The van der Waals surface area contributed by atoms with Crippen LogP contribution < -0.4 is 5.73 Å². The van der Waals surface area contributed by atoms with Crippen molar-refractivity contribution in [3.63, 3.8) is 0 Å². The number of rotatable bonds is 6. The van der Waals surface area contributed by atoms with Gasteiger partial charge >= 0.3 is 5.51 Å². The minimum absolute atomic E-state index is 0. The third kappa shape index (κ3) is 5.12. The predicted octanol–water partition coefficient (Wildman–Crippen LogP) is 3.62. The number of halogens is 5. The number of hydrogen-bond acceptors (Lipinski definition) is 4. The summed E-state index contributed by atoms with van der Waals surface area (Å²) in [7, 11) is -5.37. The van der Waals surface area contributed by atoms with E-state index in [1.807, 2.05) is 0 Å². The summed E-state index contributed by atoms with van der Waals surface area (Å²) in [6.07, 6.45) is 1.57. The fourth-order valence-corrected chi connectivity index (χ4v) is 3.37. The van der Waals surface area contributed by atoms with Crippen LogP contribution in [-0.4, -0.2) is 30.3 Å². The molecule has 1 heterocycles. The first-order valence-corrected chi connectivity index (χ1v) is 9.43. The van der Waals surface area contributed by atoms with Gasteiger partial charge in [0, 0.05) is 24.2 Å². The van der Waals surface area contributed by atoms with E-state index < -0.39 is 26.1 Å². The Hall–Kier alpha value is -1.91. The number of nitrogens with zero attached hydrogens (tertiary/aromatic N) is 2. The average molecular weight is 442 g/mol. The molecule has 0 atom stereocenters. The zero-order valence-electron chi connectivity index (χ0n) is 15.1. The van der Waals surface area contributed by atoms with E-state index in [4.69, 9.17) is 5.73 Å². The van der Waals surface area contributed by atoms with E-state index in [2.05, 4.69) is 5.10 Å². The normalized spacial score (nSPS) is 12.8. The summed E-state index contributed by atoms with van der Waals surface area (Å²) < 4.78 is 75.7. The van der Waals surface area contributed by atoms with Crippen molar-refractivity contribution in [2.75, 3.05) is 6.54 Å². The Morgan fingerprint density at radius 2 is 1.79 bits per heavy atom. The molecule has 0 aliphatic rings. The fourth-order valence-electron chi connectivity index (χ4n) is 2.60. The highest BCUT2D eigenvalue weighted by Crippen LogP contribution is 2.30. The lowest BCUT2D eigenvalue weighted by atomic mass is 10.0. The lowest BCUT2D eigenvalue weighted by molar-refractivity contribution is -0.0436. The van der Waals surface area contributed by atoms with Crippen LogP contribution in [0.3, 0.4) is 0 Å². The van der Waals surface area contributed by atoms with E-state index in [1.165, 1.54) is 22.9 Å². The van der Waals surface area contributed by atoms with Crippen LogP contribution >= 0.6 is 12.4 Å². The molecule has 1 aromatic heterocycles. The van der Waals surface area contributed by atoms with Gasteiger partial charge in [0.05, 0.1) is 17.1 Å². The Labute approximate surface area is 166 Å². The number of benzene rings is 1. The maximum atomic E-state index is 13.7. The quantitative estimate of drug-likeness (QED) is 0.694. The second-order valence-corrected chi connectivity index (χ2v) is 7.90. The molecule has 1 aromatic carbocycles. The van der Waals surface area contributed by atoms with Gasteiger partial charge < -0.3 is 5.73 Å². The van der Waals surface area contributed by atoms with E-state index in [-0.39, 0.29) is 25.5 Å². The number of aromatic nitrogens is 2. The van der Waals surface area contributed by atoms with Gasteiger partial charge in [-0.2, -0.15) is 18.3 Å². The number of aryl methyl sites for hydroxylation is 1. The van der Waals surface area contributed by atoms with Crippen molar-refractivity contribution >= 4 is 22.2 Å². The third-order valence-corrected chi connectivity index (χ3v) is 5.59. The number of alkyl halides is 3. The Morgan fingerprint density at radius 1 is 1.21 bits per heavy atom. The van der Waals surface area contributed by atoms with Crippen LogP contribution in [0.4, 0.5) is 17.6 Å². The molecule has 5 nitrogen and oxygen atoms in total. The fraction of sp³-hybridized carbons (Fsp3) is 0.353. The monoisotopic (exact) mass is 441 g/mol. The maximum absolute atomic E-state index is 13.7. The van der Waals surface area contributed by atoms with Crippen LogP contribution in [0.15, 0.2) is 41.1 Å². The molecule has 28 heavy (non-hydrogen) atoms. The molecule has 0 aliphatic carbocycles. The molecule has 2 N–H and O–H groups in total. The van der Waals surface area contributed by atoms with Crippen molar-refractivity contribution in [1.82, 2.24) is 9.78 Å². The van der Waals surface area contributed by atoms with Gasteiger partial charge in [-0.05, 0) is 37.6 Å². The predicted molar refractivity (Wildman–Crippen MR) is 99.7 cm³/mol. The van der Waals surface area contributed by atoms with Gasteiger partial charge in [-0.1, -0.05) is 12.1 Å². The first-order chi connectivity index (χ1) is 12.5. The molecule has 0 spiro atoms. The van der Waals surface area contributed by atoms with E-state index in [1.54, 1.807) is 13.8 Å². The first-order valence-electron chi connectivity index (χ1n) is 7.95. The Morgan fingerprint density at radius 3 is 2.29 bits per heavy atom. The van der Waals surface area contributed by atoms with Gasteiger partial charge in [0.2, 0.25) is 0 Å². The molecule has 0 saturated heterocycles. The van der Waals surface area contributed by atoms with Crippen LogP contribution in [0, 0.1) is 13.8 Å². The van der Waals surface area contributed by atoms with Crippen LogP contribution in [0.5, 0.6) is 0 Å². The summed E-state index contributed by atoms with van der Waals surface area (Å²) in [5, 5.41) is 4.27. The Balaban J connectivity index is 0.00000392. The van der Waals surface area contributed by atoms with Crippen LogP contribution in [0.25, 0.3) is 0 Å². The van der Waals surface area contributed by atoms with Crippen LogP contribution in [0.2, 0.25) is 0 Å². The van der Waals surface area contributed by atoms with Crippen molar-refractivity contribution in [1.29, 1.82) is 0 Å². The Bertz CT molecular complexity index is 952. The van der Waals surface area contributed by atoms with E-state index >= 15 is 0 Å². The number of nitrogens with two attached hydrogens (primary N) is 1. The summed E-state index contributed by atoms with van der Waals surface area (Å²) in [4.78, 5) is -0.808. The highest BCUT2D eigenvalue weighted by Gasteiger charge is 2.46. The zero-order chi connectivity index (χ0) is 20.4. The average Bonchev–Trinajstić information content (AvgIpc) is 2.82. The molecule has 0 radical (unpaired) electrons. The molecule has 2 aromatic rings. The van der Waals surface area contributed by atoms with Gasteiger partial charge in [0.1, 0.15) is 5.83 Å². The minimum atomic E-state index is -5.37. The highest BCUT2D eigenvalue weighted by molar-refractivity contribution is 7.92. The van der Waals surface area contributed by atoms with Gasteiger partial charge in [0.25, 0.3) is 9.84 Å². The van der Waals surface area contributed by atoms with Gasteiger partial charge in [0.15, 0.2) is 0 Å². The maximum Gasteiger partial charge on any atom is 0.501 e. The summed E-state index contributed by atoms with van der Waals surface area (Å²) in [6.45, 7) is 3.51. The smallest absolute Gasteiger partial charge is 0.327 e. The lowest BCUT2D eigenvalue weighted by Crippen LogP contribution is -2.23. The molecule has 0 saturated carbocycles. The van der Waals surface area contributed by atoms with Crippen molar-refractivity contribution in [2.24, 2.45) is 5.73 Å². The minimum Gasteiger partial charge on any atom is -0.327 e. The van der Waals surface area contributed by atoms with Crippen molar-refractivity contribution in [2.45, 2.75) is 37.2 Å². The van der Waals surface area contributed by atoms with Crippen molar-refractivity contribution in [3.05, 3.63) is 58.7 Å². The molecule has 0 aliphatic heterocycles. The molecular formula is C17H20ClF4N3O2S. The molecule has 2 rings (SSSR count). The van der Waals surface area contributed by atoms with Gasteiger partial charge in [-0.3, -0.25) is 4.68 Å². The standard InChI is InChI=1S/C17H19F4N3O2S.ClH/c1-11-16(12(2)24(23-11)10-14(18)7-8-22)9-13-3-5-15(6-4-13)27(25,26)17(19,20)21;/h3-7H,8-10,22H2,1-2H3;1H/b14-7-;. The molecule has 0 amide bonds. The SMILES string of the molecule is Cc1nn(C/C(F)=C/CN)c(C)c1Cc1ccc(S(=O)(=O)C(F)(F)F)cc1.Cl. The summed E-state index contributed by atoms with van der Waals surface area (Å²) in [6, 6.07) is 4.50. The van der Waals surface area contributed by atoms with Crippen molar-refractivity contribution in [3.8, 4) is 0 Å². The first kappa shape index (κ1) is 24.1. The van der Waals surface area contributed by atoms with Crippen molar-refractivity contribution < 1.29 is 26.0 Å². The Kier molecular flexibility index (Phi) is 7.81. The zero-order valence-corrected chi connectivity index (χ0v) is 16.8. The van der Waals surface area contributed by atoms with E-state index in [0.29, 0.717) is 23.4 Å². The van der Waals surface area contributed by atoms with Gasteiger partial charge in [-0.15, -0.1) is 12.4 Å². The third-order valence-electron chi connectivity index (χ3n) is 4.09. The highest BCUT2D eigenvalue weighted by atomic mass is 35.5. The largest absolute Gasteiger partial charge is 0.501 e. The summed E-state index contributed by atoms with van der Waals surface area (Å²) in [5.41, 5.74) is 2.69. The topological polar surface area (TPSA) is 78.0 Å². The number of hydrogen-bond donors (Lipinski definition) is 1. The number of allylic oxidation sites excluding steroid dienone is 1. The molecule has 11 heteroatoms.